The van der Waals surface area contributed by atoms with Gasteiger partial charge in [-0.3, -0.25) is 9.79 Å². The number of hydrogen-bond donors (Lipinski definition) is 3. The van der Waals surface area contributed by atoms with Gasteiger partial charge >= 0.3 is 0 Å². The molecule has 156 valence electrons. The van der Waals surface area contributed by atoms with Crippen molar-refractivity contribution in [1.29, 1.82) is 0 Å². The average Bonchev–Trinajstić information content (AvgIpc) is 2.73. The molecule has 1 amide bonds. The Morgan fingerprint density at radius 2 is 1.86 bits per heavy atom. The zero-order valence-corrected chi connectivity index (χ0v) is 17.3. The summed E-state index contributed by atoms with van der Waals surface area (Å²) in [5.74, 6) is 1.21. The molecule has 3 N–H and O–H groups in total. The molecule has 2 aromatic rings. The molecular formula is C22H30N4O3. The molecule has 0 unspecified atom stereocenters. The summed E-state index contributed by atoms with van der Waals surface area (Å²) in [4.78, 5) is 16.3. The van der Waals surface area contributed by atoms with E-state index in [9.17, 15) is 4.79 Å². The molecule has 2 aromatic carbocycles. The van der Waals surface area contributed by atoms with Crippen LogP contribution >= 0.6 is 0 Å². The number of nitrogens with one attached hydrogen (secondary N) is 3. The normalized spacial score (nSPS) is 11.1. The maximum atomic E-state index is 12.1. The fraction of sp³-hybridized carbons (Fsp3) is 0.364. The number of aliphatic imine (C=N–C) groups is 1. The van der Waals surface area contributed by atoms with E-state index in [1.165, 1.54) is 0 Å². The minimum Gasteiger partial charge on any atom is -0.491 e. The Labute approximate surface area is 172 Å². The van der Waals surface area contributed by atoms with E-state index in [-0.39, 0.29) is 12.5 Å². The van der Waals surface area contributed by atoms with Gasteiger partial charge in [0.05, 0.1) is 13.2 Å². The average molecular weight is 399 g/mol. The van der Waals surface area contributed by atoms with Gasteiger partial charge < -0.3 is 25.4 Å². The summed E-state index contributed by atoms with van der Waals surface area (Å²) in [6.45, 7) is 6.34. The SMILES string of the molecule is CCOCCOc1cc(C)ccc1CNC(=NC)NCC(=O)Nc1ccccc1. The van der Waals surface area contributed by atoms with Crippen molar-refractivity contribution in [2.24, 2.45) is 4.99 Å². The third-order valence-electron chi connectivity index (χ3n) is 4.06. The smallest absolute Gasteiger partial charge is 0.243 e. The maximum Gasteiger partial charge on any atom is 0.243 e. The second-order valence-electron chi connectivity index (χ2n) is 6.35. The molecule has 2 rings (SSSR count). The highest BCUT2D eigenvalue weighted by atomic mass is 16.5. The Kier molecular flexibility index (Phi) is 9.51. The van der Waals surface area contributed by atoms with Crippen LogP contribution in [0.5, 0.6) is 5.75 Å². The predicted molar refractivity (Wildman–Crippen MR) is 116 cm³/mol. The largest absolute Gasteiger partial charge is 0.491 e. The summed E-state index contributed by atoms with van der Waals surface area (Å²) in [7, 11) is 1.67. The zero-order chi connectivity index (χ0) is 20.9. The van der Waals surface area contributed by atoms with Gasteiger partial charge in [-0.2, -0.15) is 0 Å². The van der Waals surface area contributed by atoms with Crippen LogP contribution in [-0.2, 0) is 16.1 Å². The lowest BCUT2D eigenvalue weighted by Gasteiger charge is -2.15. The van der Waals surface area contributed by atoms with E-state index in [4.69, 9.17) is 9.47 Å². The molecule has 0 spiro atoms. The molecule has 0 aliphatic heterocycles. The number of amides is 1. The summed E-state index contributed by atoms with van der Waals surface area (Å²) in [6, 6.07) is 15.4. The van der Waals surface area contributed by atoms with Crippen LogP contribution in [0.3, 0.4) is 0 Å². The lowest BCUT2D eigenvalue weighted by molar-refractivity contribution is -0.115. The van der Waals surface area contributed by atoms with Crippen molar-refractivity contribution in [2.45, 2.75) is 20.4 Å². The number of aryl methyl sites for hydroxylation is 1. The number of carbonyl (C=O) groups excluding carboxylic acids is 1. The number of ether oxygens (including phenoxy) is 2. The van der Waals surface area contributed by atoms with E-state index in [1.807, 2.05) is 62.4 Å². The molecule has 7 heteroatoms. The minimum atomic E-state index is -0.144. The third kappa shape index (κ3) is 8.23. The predicted octanol–water partition coefficient (Wildman–Crippen LogP) is 2.71. The Hall–Kier alpha value is -3.06. The molecule has 0 aliphatic carbocycles. The molecule has 7 nitrogen and oxygen atoms in total. The molecule has 0 heterocycles. The van der Waals surface area contributed by atoms with Gasteiger partial charge in [-0.25, -0.2) is 0 Å². The molecular weight excluding hydrogens is 368 g/mol. The van der Waals surface area contributed by atoms with E-state index in [0.717, 1.165) is 22.6 Å². The van der Waals surface area contributed by atoms with Crippen molar-refractivity contribution >= 4 is 17.6 Å². The van der Waals surface area contributed by atoms with Crippen molar-refractivity contribution in [2.75, 3.05) is 38.7 Å². The summed E-state index contributed by atoms with van der Waals surface area (Å²) < 4.78 is 11.2. The minimum absolute atomic E-state index is 0.111. The van der Waals surface area contributed by atoms with Crippen molar-refractivity contribution in [1.82, 2.24) is 10.6 Å². The molecule has 0 saturated carbocycles. The van der Waals surface area contributed by atoms with E-state index in [0.29, 0.717) is 32.3 Å². The Morgan fingerprint density at radius 1 is 1.07 bits per heavy atom. The van der Waals surface area contributed by atoms with Crippen LogP contribution in [-0.4, -0.2) is 45.3 Å². The Bertz CT molecular complexity index is 794. The maximum absolute atomic E-state index is 12.1. The topological polar surface area (TPSA) is 84.0 Å². The van der Waals surface area contributed by atoms with Crippen LogP contribution in [0, 0.1) is 6.92 Å². The first-order valence-corrected chi connectivity index (χ1v) is 9.72. The number of nitrogens with zero attached hydrogens (tertiary/aromatic N) is 1. The fourth-order valence-electron chi connectivity index (χ4n) is 2.59. The molecule has 0 fully saturated rings. The second-order valence-corrected chi connectivity index (χ2v) is 6.35. The van der Waals surface area contributed by atoms with Gasteiger partial charge in [0.2, 0.25) is 5.91 Å². The summed E-state index contributed by atoms with van der Waals surface area (Å²) in [5, 5.41) is 9.06. The van der Waals surface area contributed by atoms with Crippen molar-refractivity contribution in [3.8, 4) is 5.75 Å². The molecule has 0 radical (unpaired) electrons. The fourth-order valence-corrected chi connectivity index (χ4v) is 2.59. The van der Waals surface area contributed by atoms with Crippen molar-refractivity contribution < 1.29 is 14.3 Å². The van der Waals surface area contributed by atoms with Gasteiger partial charge in [0.1, 0.15) is 12.4 Å². The number of guanidine groups is 1. The van der Waals surface area contributed by atoms with Gasteiger partial charge in [-0.05, 0) is 37.6 Å². The third-order valence-corrected chi connectivity index (χ3v) is 4.06. The standard InChI is InChI=1S/C22H30N4O3/c1-4-28-12-13-29-20-14-17(2)10-11-18(20)15-24-22(23-3)25-16-21(27)26-19-8-6-5-7-9-19/h5-11,14H,4,12-13,15-16H2,1-3H3,(H,26,27)(H2,23,24,25). The number of carbonyl (C=O) groups is 1. The highest BCUT2D eigenvalue weighted by Gasteiger charge is 2.08. The first-order valence-electron chi connectivity index (χ1n) is 9.72. The van der Waals surface area contributed by atoms with Crippen LogP contribution in [0.25, 0.3) is 0 Å². The summed E-state index contributed by atoms with van der Waals surface area (Å²) in [6.07, 6.45) is 0. The number of anilines is 1. The monoisotopic (exact) mass is 398 g/mol. The van der Waals surface area contributed by atoms with Crippen LogP contribution in [0.4, 0.5) is 5.69 Å². The van der Waals surface area contributed by atoms with Crippen molar-refractivity contribution in [3.05, 3.63) is 59.7 Å². The summed E-state index contributed by atoms with van der Waals surface area (Å²) in [5.41, 5.74) is 2.89. The second kappa shape index (κ2) is 12.4. The van der Waals surface area contributed by atoms with Gasteiger partial charge in [0.15, 0.2) is 5.96 Å². The molecule has 0 atom stereocenters. The molecule has 0 saturated heterocycles. The Morgan fingerprint density at radius 3 is 2.59 bits per heavy atom. The molecule has 0 aromatic heterocycles. The van der Waals surface area contributed by atoms with Crippen LogP contribution < -0.4 is 20.7 Å². The molecule has 0 aliphatic rings. The van der Waals surface area contributed by atoms with Gasteiger partial charge in [-0.1, -0.05) is 30.3 Å². The molecule has 0 bridgehead atoms. The van der Waals surface area contributed by atoms with E-state index in [2.05, 4.69) is 20.9 Å². The van der Waals surface area contributed by atoms with Gasteiger partial charge in [0.25, 0.3) is 0 Å². The quantitative estimate of drug-likeness (QED) is 0.326. The number of hydrogen-bond acceptors (Lipinski definition) is 4. The highest BCUT2D eigenvalue weighted by Crippen LogP contribution is 2.20. The van der Waals surface area contributed by atoms with Crippen LogP contribution in [0.2, 0.25) is 0 Å². The first-order chi connectivity index (χ1) is 14.1. The van der Waals surface area contributed by atoms with Gasteiger partial charge in [0, 0.05) is 31.5 Å². The van der Waals surface area contributed by atoms with E-state index < -0.39 is 0 Å². The van der Waals surface area contributed by atoms with Crippen LogP contribution in [0.1, 0.15) is 18.1 Å². The van der Waals surface area contributed by atoms with Crippen molar-refractivity contribution in [3.63, 3.8) is 0 Å². The Balaban J connectivity index is 1.84. The lowest BCUT2D eigenvalue weighted by atomic mass is 10.1. The van der Waals surface area contributed by atoms with E-state index in [1.54, 1.807) is 7.05 Å². The highest BCUT2D eigenvalue weighted by molar-refractivity contribution is 5.94. The van der Waals surface area contributed by atoms with Crippen LogP contribution in [0.15, 0.2) is 53.5 Å². The zero-order valence-electron chi connectivity index (χ0n) is 17.3. The lowest BCUT2D eigenvalue weighted by Crippen LogP contribution is -2.41. The molecule has 29 heavy (non-hydrogen) atoms. The van der Waals surface area contributed by atoms with Gasteiger partial charge in [-0.15, -0.1) is 0 Å². The summed E-state index contributed by atoms with van der Waals surface area (Å²) >= 11 is 0. The van der Waals surface area contributed by atoms with E-state index >= 15 is 0 Å². The first kappa shape index (κ1) is 22.2. The number of rotatable bonds is 10. The number of para-hydroxylation sites is 1. The number of benzene rings is 2.